The first-order valence-corrected chi connectivity index (χ1v) is 16.9. The number of aliphatic imine (C=N–C) groups is 1. The van der Waals surface area contributed by atoms with Crippen molar-refractivity contribution in [2.75, 3.05) is 19.7 Å². The summed E-state index contributed by atoms with van der Waals surface area (Å²) in [6, 6.07) is 22.9. The van der Waals surface area contributed by atoms with Gasteiger partial charge >= 0.3 is 11.9 Å². The number of carbonyl (C=O) groups excluding carboxylic acids is 5. The number of ether oxygens (including phenoxy) is 3. The molecule has 8 N–H and O–H groups in total. The van der Waals surface area contributed by atoms with Crippen molar-refractivity contribution in [3.63, 3.8) is 0 Å². The number of amides is 3. The van der Waals surface area contributed by atoms with Crippen LogP contribution in [-0.4, -0.2) is 78.5 Å². The Balaban J connectivity index is 0.0000105. The third kappa shape index (κ3) is 18.5. The van der Waals surface area contributed by atoms with E-state index in [4.69, 9.17) is 25.7 Å². The number of nitrogens with one attached hydrogen (secondary N) is 4. The van der Waals surface area contributed by atoms with E-state index < -0.39 is 71.7 Å². The maximum atomic E-state index is 13.6. The Bertz CT molecular complexity index is 1700. The fourth-order valence-electron chi connectivity index (χ4n) is 4.63. The molecule has 18 nitrogen and oxygen atoms in total. The first-order valence-electron chi connectivity index (χ1n) is 16.9. The summed E-state index contributed by atoms with van der Waals surface area (Å²) >= 11 is 0. The molecule has 0 spiro atoms. The summed E-state index contributed by atoms with van der Waals surface area (Å²) < 4.78 is 16.5. The molecule has 0 radical (unpaired) electrons. The van der Waals surface area contributed by atoms with Crippen LogP contribution in [0.25, 0.3) is 0 Å². The average molecular weight is 785 g/mol. The van der Waals surface area contributed by atoms with Crippen LogP contribution in [0.3, 0.4) is 0 Å². The van der Waals surface area contributed by atoms with E-state index in [1.54, 1.807) is 60.0 Å². The third-order valence-corrected chi connectivity index (χ3v) is 7.41. The molecular formula is C36H45ClN8O10. The van der Waals surface area contributed by atoms with Gasteiger partial charge in [-0.05, 0) is 29.5 Å². The van der Waals surface area contributed by atoms with Crippen molar-refractivity contribution < 1.29 is 43.2 Å². The van der Waals surface area contributed by atoms with Crippen LogP contribution in [0.15, 0.2) is 96.0 Å². The molecule has 0 aliphatic carbocycles. The van der Waals surface area contributed by atoms with Gasteiger partial charge in [0.2, 0.25) is 17.7 Å². The number of carbonyl (C=O) groups is 5. The van der Waals surface area contributed by atoms with Crippen LogP contribution in [0.2, 0.25) is 0 Å². The number of hydrogen-bond donors (Lipinski definition) is 6. The van der Waals surface area contributed by atoms with Gasteiger partial charge < -0.3 is 41.6 Å². The average Bonchev–Trinajstić information content (AvgIpc) is 3.17. The van der Waals surface area contributed by atoms with Gasteiger partial charge in [0.05, 0.1) is 32.2 Å². The molecule has 0 unspecified atom stereocenters. The highest BCUT2D eigenvalue weighted by Gasteiger charge is 2.30. The molecule has 296 valence electrons. The lowest BCUT2D eigenvalue weighted by Gasteiger charge is -2.23. The topological polar surface area (TPSA) is 269 Å². The summed E-state index contributed by atoms with van der Waals surface area (Å²) in [5.74, 6) is -4.53. The lowest BCUT2D eigenvalue weighted by molar-refractivity contribution is -0.525. The molecule has 3 atom stereocenters. The molecule has 55 heavy (non-hydrogen) atoms. The highest BCUT2D eigenvalue weighted by molar-refractivity contribution is 5.94. The molecule has 3 aromatic carbocycles. The Kier molecular flexibility index (Phi) is 20.5. The van der Waals surface area contributed by atoms with Crippen LogP contribution in [0.1, 0.15) is 36.0 Å². The lowest BCUT2D eigenvalue weighted by Crippen LogP contribution is -2.55. The third-order valence-electron chi connectivity index (χ3n) is 7.41. The molecule has 3 aromatic rings. The number of hydrogen-bond acceptors (Lipinski definition) is 12. The highest BCUT2D eigenvalue weighted by Crippen LogP contribution is 2.08. The van der Waals surface area contributed by atoms with E-state index in [0.29, 0.717) is 11.1 Å². The molecule has 0 aromatic heterocycles. The number of nitrogens with zero attached hydrogens (tertiary/aromatic N) is 2. The maximum Gasteiger partial charge on any atom is 0.331 e. The van der Waals surface area contributed by atoms with E-state index in [9.17, 15) is 34.1 Å². The number of halogens is 1. The molecule has 19 heteroatoms. The van der Waals surface area contributed by atoms with Crippen LogP contribution in [0.5, 0.6) is 0 Å². The Labute approximate surface area is 323 Å². The van der Waals surface area contributed by atoms with Gasteiger partial charge in [-0.3, -0.25) is 19.2 Å². The van der Waals surface area contributed by atoms with Crippen LogP contribution in [0.4, 0.5) is 0 Å². The molecule has 0 saturated heterocycles. The summed E-state index contributed by atoms with van der Waals surface area (Å²) in [5, 5.41) is 16.8. The fourth-order valence-corrected chi connectivity index (χ4v) is 4.63. The van der Waals surface area contributed by atoms with E-state index in [2.05, 4.69) is 20.9 Å². The SMILES string of the molecule is Cl.NC(=NCCC[C@H](N)C(=O)NCC(=O)N[C@@H](CC(=O)OCc1ccccc1)C(=O)N[C@@H](COCc1ccccc1)C(=O)OCc1ccccc1)N[N+](=O)[O-]. The van der Waals surface area contributed by atoms with Crippen LogP contribution in [0, 0.1) is 10.1 Å². The smallest absolute Gasteiger partial charge is 0.331 e. The van der Waals surface area contributed by atoms with Crippen molar-refractivity contribution in [2.45, 2.75) is 57.2 Å². The van der Waals surface area contributed by atoms with Gasteiger partial charge in [-0.25, -0.2) is 19.9 Å². The summed E-state index contributed by atoms with van der Waals surface area (Å²) in [6.45, 7) is -0.932. The van der Waals surface area contributed by atoms with Crippen molar-refractivity contribution in [1.29, 1.82) is 0 Å². The van der Waals surface area contributed by atoms with Gasteiger partial charge in [0.1, 0.15) is 19.3 Å². The number of esters is 2. The van der Waals surface area contributed by atoms with E-state index in [0.717, 1.165) is 5.56 Å². The van der Waals surface area contributed by atoms with Gasteiger partial charge in [-0.1, -0.05) is 96.4 Å². The van der Waals surface area contributed by atoms with E-state index in [1.807, 2.05) is 36.4 Å². The minimum absolute atomic E-state index is 0. The predicted molar refractivity (Wildman–Crippen MR) is 201 cm³/mol. The zero-order valence-electron chi connectivity index (χ0n) is 29.8. The van der Waals surface area contributed by atoms with Gasteiger partial charge in [0.15, 0.2) is 11.1 Å². The van der Waals surface area contributed by atoms with Gasteiger partial charge in [0.25, 0.3) is 5.96 Å². The Morgan fingerprint density at radius 1 is 0.764 bits per heavy atom. The second-order valence-corrected chi connectivity index (χ2v) is 11.7. The number of guanidine groups is 1. The molecule has 0 fully saturated rings. The van der Waals surface area contributed by atoms with Crippen molar-refractivity contribution >= 4 is 48.0 Å². The monoisotopic (exact) mass is 784 g/mol. The normalized spacial score (nSPS) is 12.4. The number of rotatable bonds is 22. The minimum Gasteiger partial charge on any atom is -0.461 e. The molecular weight excluding hydrogens is 740 g/mol. The summed E-state index contributed by atoms with van der Waals surface area (Å²) in [4.78, 5) is 79.4. The van der Waals surface area contributed by atoms with E-state index >= 15 is 0 Å². The second kappa shape index (κ2) is 25.0. The quantitative estimate of drug-likeness (QED) is 0.0206. The van der Waals surface area contributed by atoms with Crippen LogP contribution in [-0.2, 0) is 58.0 Å². The van der Waals surface area contributed by atoms with Gasteiger partial charge in [-0.15, -0.1) is 12.4 Å². The lowest BCUT2D eigenvalue weighted by atomic mass is 10.1. The molecule has 0 aliphatic heterocycles. The van der Waals surface area contributed by atoms with Crippen molar-refractivity contribution in [3.05, 3.63) is 118 Å². The second-order valence-electron chi connectivity index (χ2n) is 11.7. The van der Waals surface area contributed by atoms with Gasteiger partial charge in [0, 0.05) is 6.54 Å². The first-order chi connectivity index (χ1) is 26.0. The molecule has 0 heterocycles. The van der Waals surface area contributed by atoms with Gasteiger partial charge in [-0.2, -0.15) is 0 Å². The zero-order valence-corrected chi connectivity index (χ0v) is 30.6. The molecule has 3 rings (SSSR count). The van der Waals surface area contributed by atoms with E-state index in [1.165, 1.54) is 0 Å². The molecule has 0 aliphatic rings. The fraction of sp³-hybridized carbons (Fsp3) is 0.333. The van der Waals surface area contributed by atoms with Crippen LogP contribution < -0.4 is 32.8 Å². The summed E-state index contributed by atoms with van der Waals surface area (Å²) in [6.07, 6.45) is -0.267. The standard InChI is InChI=1S/C36H44N8O10.ClH/c37-28(17-10-18-39-36(38)43-44(50)51)33(47)40-20-31(45)41-29(19-32(46)53-22-26-13-6-2-7-14-26)34(48)42-30(24-52-21-25-11-4-1-5-12-25)35(49)54-23-27-15-8-3-9-16-27;/h1-9,11-16,28-30H,10,17-24,37H2,(H,40,47)(H,41,45)(H,42,48)(H3,38,39,43);1H/t28-,29-,30-;/m0./s1. The summed E-state index contributed by atoms with van der Waals surface area (Å²) in [5.41, 5.74) is 15.1. The highest BCUT2D eigenvalue weighted by atomic mass is 35.5. The van der Waals surface area contributed by atoms with Crippen molar-refractivity contribution in [1.82, 2.24) is 21.4 Å². The van der Waals surface area contributed by atoms with E-state index in [-0.39, 0.29) is 58.2 Å². The molecule has 0 saturated carbocycles. The number of nitrogens with two attached hydrogens (primary N) is 2. The number of benzene rings is 3. The van der Waals surface area contributed by atoms with Crippen molar-refractivity contribution in [3.8, 4) is 0 Å². The maximum absolute atomic E-state index is 13.6. The Morgan fingerprint density at radius 2 is 1.31 bits per heavy atom. The Morgan fingerprint density at radius 3 is 1.87 bits per heavy atom. The zero-order chi connectivity index (χ0) is 39.1. The molecule has 0 bridgehead atoms. The largest absolute Gasteiger partial charge is 0.461 e. The summed E-state index contributed by atoms with van der Waals surface area (Å²) in [7, 11) is 0. The molecule has 3 amide bonds. The van der Waals surface area contributed by atoms with Crippen molar-refractivity contribution in [2.24, 2.45) is 16.5 Å². The Hall–Kier alpha value is -6.11. The number of nitro groups is 1. The minimum atomic E-state index is -1.54. The first kappa shape index (κ1) is 45.0. The predicted octanol–water partition coefficient (Wildman–Crippen LogP) is 0.791. The number of hydrazine groups is 1. The van der Waals surface area contributed by atoms with Crippen LogP contribution >= 0.6 is 12.4 Å².